The molecule has 1 rings (SSSR count). The van der Waals surface area contributed by atoms with E-state index in [2.05, 4.69) is 0 Å². The first-order valence-corrected chi connectivity index (χ1v) is 7.60. The van der Waals surface area contributed by atoms with E-state index in [1.54, 1.807) is 14.2 Å². The topological polar surface area (TPSA) is 64.8 Å². The maximum Gasteiger partial charge on any atom is 0.230 e. The molecule has 0 radical (unpaired) electrons. The monoisotopic (exact) mass is 286 g/mol. The van der Waals surface area contributed by atoms with Gasteiger partial charge >= 0.3 is 0 Å². The molecule has 1 atom stereocenters. The van der Waals surface area contributed by atoms with Gasteiger partial charge in [-0.3, -0.25) is 4.79 Å². The normalized spacial score (nSPS) is 19.6. The fraction of sp³-hybridized carbons (Fsp3) is 0.933. The predicted molar refractivity (Wildman–Crippen MR) is 79.5 cm³/mol. The molecule has 0 saturated heterocycles. The SMILES string of the molecule is COCCN(C(=O)C1(CN)CCCCC1)C(C)COC. The molecule has 20 heavy (non-hydrogen) atoms. The van der Waals surface area contributed by atoms with Gasteiger partial charge in [0.15, 0.2) is 0 Å². The molecule has 2 N–H and O–H groups in total. The van der Waals surface area contributed by atoms with Gasteiger partial charge in [0.05, 0.1) is 24.7 Å². The number of amides is 1. The number of carbonyl (C=O) groups excluding carboxylic acids is 1. The molecule has 1 saturated carbocycles. The van der Waals surface area contributed by atoms with Gasteiger partial charge in [0.2, 0.25) is 5.91 Å². The molecule has 1 amide bonds. The third-order valence-corrected chi connectivity index (χ3v) is 4.39. The smallest absolute Gasteiger partial charge is 0.230 e. The van der Waals surface area contributed by atoms with Gasteiger partial charge in [-0.05, 0) is 19.8 Å². The van der Waals surface area contributed by atoms with Gasteiger partial charge in [-0.15, -0.1) is 0 Å². The molecule has 1 aliphatic carbocycles. The molecule has 0 heterocycles. The van der Waals surface area contributed by atoms with E-state index in [-0.39, 0.29) is 17.4 Å². The highest BCUT2D eigenvalue weighted by atomic mass is 16.5. The maximum absolute atomic E-state index is 13.0. The molecule has 1 aliphatic rings. The Morgan fingerprint density at radius 2 is 1.90 bits per heavy atom. The molecule has 1 unspecified atom stereocenters. The second kappa shape index (κ2) is 8.60. The summed E-state index contributed by atoms with van der Waals surface area (Å²) in [4.78, 5) is 14.9. The lowest BCUT2D eigenvalue weighted by molar-refractivity contribution is -0.147. The molecule has 0 aromatic heterocycles. The molecular weight excluding hydrogens is 256 g/mol. The number of hydrogen-bond donors (Lipinski definition) is 1. The Kier molecular flexibility index (Phi) is 7.48. The summed E-state index contributed by atoms with van der Waals surface area (Å²) in [6, 6.07) is 0.0491. The van der Waals surface area contributed by atoms with Crippen LogP contribution in [0, 0.1) is 5.41 Å². The number of ether oxygens (including phenoxy) is 2. The Morgan fingerprint density at radius 3 is 2.40 bits per heavy atom. The van der Waals surface area contributed by atoms with Crippen molar-refractivity contribution in [2.24, 2.45) is 11.1 Å². The molecule has 0 bridgehead atoms. The molecule has 5 nitrogen and oxygen atoms in total. The number of methoxy groups -OCH3 is 2. The van der Waals surface area contributed by atoms with Crippen molar-refractivity contribution in [3.8, 4) is 0 Å². The third kappa shape index (κ3) is 4.17. The minimum absolute atomic E-state index is 0.0491. The average molecular weight is 286 g/mol. The second-order valence-electron chi connectivity index (χ2n) is 5.84. The van der Waals surface area contributed by atoms with Crippen LogP contribution in [0.25, 0.3) is 0 Å². The standard InChI is InChI=1S/C15H30N2O3/c1-13(11-20-3)17(9-10-19-2)14(18)15(12-16)7-5-4-6-8-15/h13H,4-12,16H2,1-3H3. The Bertz CT molecular complexity index is 291. The van der Waals surface area contributed by atoms with E-state index in [0.717, 1.165) is 25.7 Å². The van der Waals surface area contributed by atoms with Crippen LogP contribution in [0.2, 0.25) is 0 Å². The molecule has 118 valence electrons. The minimum atomic E-state index is -0.367. The number of rotatable bonds is 8. The molecule has 0 aromatic carbocycles. The lowest BCUT2D eigenvalue weighted by atomic mass is 9.73. The van der Waals surface area contributed by atoms with Crippen LogP contribution in [-0.2, 0) is 14.3 Å². The van der Waals surface area contributed by atoms with Gasteiger partial charge in [-0.2, -0.15) is 0 Å². The molecule has 0 aliphatic heterocycles. The van der Waals surface area contributed by atoms with Crippen LogP contribution in [0.4, 0.5) is 0 Å². The number of hydrogen-bond acceptors (Lipinski definition) is 4. The van der Waals surface area contributed by atoms with E-state index in [0.29, 0.717) is 26.3 Å². The lowest BCUT2D eigenvalue weighted by Crippen LogP contribution is -2.53. The van der Waals surface area contributed by atoms with Gasteiger partial charge < -0.3 is 20.1 Å². The van der Waals surface area contributed by atoms with Crippen LogP contribution in [0.1, 0.15) is 39.0 Å². The zero-order valence-electron chi connectivity index (χ0n) is 13.2. The highest BCUT2D eigenvalue weighted by molar-refractivity contribution is 5.83. The van der Waals surface area contributed by atoms with Crippen molar-refractivity contribution in [2.45, 2.75) is 45.1 Å². The van der Waals surface area contributed by atoms with Crippen LogP contribution in [0.5, 0.6) is 0 Å². The third-order valence-electron chi connectivity index (χ3n) is 4.39. The summed E-state index contributed by atoms with van der Waals surface area (Å²) in [5.74, 6) is 0.182. The van der Waals surface area contributed by atoms with Gasteiger partial charge in [-0.1, -0.05) is 19.3 Å². The molecular formula is C15H30N2O3. The van der Waals surface area contributed by atoms with E-state index in [1.165, 1.54) is 6.42 Å². The van der Waals surface area contributed by atoms with Crippen molar-refractivity contribution in [3.05, 3.63) is 0 Å². The fourth-order valence-electron chi connectivity index (χ4n) is 3.08. The predicted octanol–water partition coefficient (Wildman–Crippen LogP) is 1.41. The van der Waals surface area contributed by atoms with Crippen molar-refractivity contribution in [2.75, 3.05) is 40.5 Å². The summed E-state index contributed by atoms with van der Waals surface area (Å²) in [7, 11) is 3.32. The van der Waals surface area contributed by atoms with E-state index in [9.17, 15) is 4.79 Å². The largest absolute Gasteiger partial charge is 0.383 e. The highest BCUT2D eigenvalue weighted by Crippen LogP contribution is 2.37. The first-order chi connectivity index (χ1) is 9.61. The van der Waals surface area contributed by atoms with Crippen molar-refractivity contribution in [3.63, 3.8) is 0 Å². The first kappa shape index (κ1) is 17.4. The van der Waals surface area contributed by atoms with Crippen LogP contribution in [-0.4, -0.2) is 57.4 Å². The molecule has 0 spiro atoms. The van der Waals surface area contributed by atoms with Gasteiger partial charge in [0, 0.05) is 27.3 Å². The summed E-state index contributed by atoms with van der Waals surface area (Å²) in [5.41, 5.74) is 5.60. The summed E-state index contributed by atoms with van der Waals surface area (Å²) in [6.45, 7) is 4.14. The van der Waals surface area contributed by atoms with Crippen molar-refractivity contribution in [1.29, 1.82) is 0 Å². The van der Waals surface area contributed by atoms with Gasteiger partial charge in [-0.25, -0.2) is 0 Å². The van der Waals surface area contributed by atoms with Crippen molar-refractivity contribution >= 4 is 5.91 Å². The number of carbonyl (C=O) groups is 1. The van der Waals surface area contributed by atoms with Gasteiger partial charge in [0.25, 0.3) is 0 Å². The minimum Gasteiger partial charge on any atom is -0.383 e. The Labute approximate surface area is 122 Å². The summed E-state index contributed by atoms with van der Waals surface area (Å²) in [5, 5.41) is 0. The van der Waals surface area contributed by atoms with E-state index in [1.807, 2.05) is 11.8 Å². The van der Waals surface area contributed by atoms with Crippen molar-refractivity contribution in [1.82, 2.24) is 4.90 Å². The maximum atomic E-state index is 13.0. The van der Waals surface area contributed by atoms with Crippen LogP contribution < -0.4 is 5.73 Å². The fourth-order valence-corrected chi connectivity index (χ4v) is 3.08. The second-order valence-corrected chi connectivity index (χ2v) is 5.84. The van der Waals surface area contributed by atoms with E-state index < -0.39 is 0 Å². The summed E-state index contributed by atoms with van der Waals surface area (Å²) in [6.07, 6.45) is 5.22. The quantitative estimate of drug-likeness (QED) is 0.732. The zero-order valence-corrected chi connectivity index (χ0v) is 13.2. The highest BCUT2D eigenvalue weighted by Gasteiger charge is 2.41. The molecule has 5 heteroatoms. The lowest BCUT2D eigenvalue weighted by Gasteiger charge is -2.41. The Morgan fingerprint density at radius 1 is 1.25 bits per heavy atom. The summed E-state index contributed by atoms with van der Waals surface area (Å²) >= 11 is 0. The first-order valence-electron chi connectivity index (χ1n) is 7.60. The zero-order chi connectivity index (χ0) is 15.0. The van der Waals surface area contributed by atoms with E-state index in [4.69, 9.17) is 15.2 Å². The van der Waals surface area contributed by atoms with Crippen LogP contribution >= 0.6 is 0 Å². The van der Waals surface area contributed by atoms with Crippen molar-refractivity contribution < 1.29 is 14.3 Å². The average Bonchev–Trinajstić information content (AvgIpc) is 2.48. The number of nitrogens with zero attached hydrogens (tertiary/aromatic N) is 1. The molecule has 1 fully saturated rings. The number of nitrogens with two attached hydrogens (primary N) is 1. The van der Waals surface area contributed by atoms with Crippen LogP contribution in [0.3, 0.4) is 0 Å². The van der Waals surface area contributed by atoms with Crippen LogP contribution in [0.15, 0.2) is 0 Å². The Hall–Kier alpha value is -0.650. The Balaban J connectivity index is 2.83. The molecule has 0 aromatic rings. The van der Waals surface area contributed by atoms with E-state index >= 15 is 0 Å². The summed E-state index contributed by atoms with van der Waals surface area (Å²) < 4.78 is 10.3. The van der Waals surface area contributed by atoms with Gasteiger partial charge in [0.1, 0.15) is 0 Å².